The van der Waals surface area contributed by atoms with Crippen LogP contribution in [0.15, 0.2) is 42.5 Å². The zero-order chi connectivity index (χ0) is 15.9. The Morgan fingerprint density at radius 1 is 1.00 bits per heavy atom. The molecule has 0 saturated carbocycles. The molecule has 0 aliphatic rings. The van der Waals surface area contributed by atoms with Gasteiger partial charge in [-0.1, -0.05) is 25.1 Å². The molecular formula is C18H21NO3. The SMILES string of the molecule is CCc1ccc(OC)c(C(=O)NCc2ccc(OC)cc2)c1. The van der Waals surface area contributed by atoms with Gasteiger partial charge >= 0.3 is 0 Å². The van der Waals surface area contributed by atoms with Crippen LogP contribution >= 0.6 is 0 Å². The van der Waals surface area contributed by atoms with Crippen molar-refractivity contribution in [3.8, 4) is 11.5 Å². The van der Waals surface area contributed by atoms with Crippen molar-refractivity contribution in [2.24, 2.45) is 0 Å². The average Bonchev–Trinajstić information content (AvgIpc) is 2.59. The minimum atomic E-state index is -0.136. The van der Waals surface area contributed by atoms with Gasteiger partial charge in [0.25, 0.3) is 5.91 Å². The molecule has 4 heteroatoms. The van der Waals surface area contributed by atoms with Crippen LogP contribution in [0.5, 0.6) is 11.5 Å². The van der Waals surface area contributed by atoms with E-state index in [2.05, 4.69) is 12.2 Å². The van der Waals surface area contributed by atoms with Gasteiger partial charge in [0, 0.05) is 6.54 Å². The number of benzene rings is 2. The van der Waals surface area contributed by atoms with Crippen LogP contribution in [0.3, 0.4) is 0 Å². The van der Waals surface area contributed by atoms with Crippen molar-refractivity contribution < 1.29 is 14.3 Å². The Kier molecular flexibility index (Phi) is 5.42. The van der Waals surface area contributed by atoms with Gasteiger partial charge in [-0.05, 0) is 41.8 Å². The van der Waals surface area contributed by atoms with Crippen LogP contribution in [0.2, 0.25) is 0 Å². The normalized spacial score (nSPS) is 10.1. The van der Waals surface area contributed by atoms with Gasteiger partial charge in [-0.15, -0.1) is 0 Å². The lowest BCUT2D eigenvalue weighted by atomic mass is 10.1. The summed E-state index contributed by atoms with van der Waals surface area (Å²) in [4.78, 5) is 12.4. The van der Waals surface area contributed by atoms with Crippen molar-refractivity contribution in [2.45, 2.75) is 19.9 Å². The molecule has 0 aliphatic heterocycles. The summed E-state index contributed by atoms with van der Waals surface area (Å²) in [5, 5.41) is 2.92. The van der Waals surface area contributed by atoms with E-state index < -0.39 is 0 Å². The lowest BCUT2D eigenvalue weighted by molar-refractivity contribution is 0.0948. The molecule has 0 fully saturated rings. The van der Waals surface area contributed by atoms with E-state index in [1.54, 1.807) is 14.2 Å². The molecule has 0 unspecified atom stereocenters. The molecule has 2 aromatic carbocycles. The highest BCUT2D eigenvalue weighted by atomic mass is 16.5. The molecule has 1 amide bonds. The molecule has 0 heterocycles. The molecule has 22 heavy (non-hydrogen) atoms. The van der Waals surface area contributed by atoms with Crippen LogP contribution < -0.4 is 14.8 Å². The van der Waals surface area contributed by atoms with E-state index in [9.17, 15) is 4.79 Å². The third-order valence-corrected chi connectivity index (χ3v) is 3.53. The Morgan fingerprint density at radius 3 is 2.27 bits per heavy atom. The third kappa shape index (κ3) is 3.79. The highest BCUT2D eigenvalue weighted by Crippen LogP contribution is 2.20. The van der Waals surface area contributed by atoms with Gasteiger partial charge in [0.15, 0.2) is 0 Å². The van der Waals surface area contributed by atoms with Crippen molar-refractivity contribution in [1.82, 2.24) is 5.32 Å². The van der Waals surface area contributed by atoms with Crippen molar-refractivity contribution in [3.63, 3.8) is 0 Å². The van der Waals surface area contributed by atoms with Gasteiger partial charge in [0.2, 0.25) is 0 Å². The van der Waals surface area contributed by atoms with E-state index in [1.807, 2.05) is 42.5 Å². The van der Waals surface area contributed by atoms with Gasteiger partial charge in [0.1, 0.15) is 11.5 Å². The first-order valence-corrected chi connectivity index (χ1v) is 7.26. The first-order valence-electron chi connectivity index (χ1n) is 7.26. The molecule has 1 N–H and O–H groups in total. The Morgan fingerprint density at radius 2 is 1.68 bits per heavy atom. The van der Waals surface area contributed by atoms with Crippen LogP contribution in [0.25, 0.3) is 0 Å². The van der Waals surface area contributed by atoms with Crippen molar-refractivity contribution >= 4 is 5.91 Å². The van der Waals surface area contributed by atoms with E-state index in [0.29, 0.717) is 17.9 Å². The number of hydrogen-bond acceptors (Lipinski definition) is 3. The zero-order valence-electron chi connectivity index (χ0n) is 13.2. The maximum Gasteiger partial charge on any atom is 0.255 e. The highest BCUT2D eigenvalue weighted by Gasteiger charge is 2.12. The smallest absolute Gasteiger partial charge is 0.255 e. The summed E-state index contributed by atoms with van der Waals surface area (Å²) < 4.78 is 10.4. The highest BCUT2D eigenvalue weighted by molar-refractivity contribution is 5.97. The Balaban J connectivity index is 2.08. The van der Waals surface area contributed by atoms with Gasteiger partial charge in [-0.2, -0.15) is 0 Å². The first kappa shape index (κ1) is 15.9. The van der Waals surface area contributed by atoms with E-state index in [1.165, 1.54) is 0 Å². The number of amides is 1. The van der Waals surface area contributed by atoms with Crippen molar-refractivity contribution in [3.05, 3.63) is 59.2 Å². The summed E-state index contributed by atoms with van der Waals surface area (Å²) in [6.07, 6.45) is 0.878. The standard InChI is InChI=1S/C18H21NO3/c1-4-13-7-10-17(22-3)16(11-13)18(20)19-12-14-5-8-15(21-2)9-6-14/h5-11H,4,12H2,1-3H3,(H,19,20). The number of ether oxygens (including phenoxy) is 2. The minimum absolute atomic E-state index is 0.136. The number of carbonyl (C=O) groups excluding carboxylic acids is 1. The lowest BCUT2D eigenvalue weighted by Crippen LogP contribution is -2.23. The summed E-state index contributed by atoms with van der Waals surface area (Å²) >= 11 is 0. The number of rotatable bonds is 6. The van der Waals surface area contributed by atoms with Gasteiger partial charge in [0.05, 0.1) is 19.8 Å². The molecule has 0 saturated heterocycles. The van der Waals surface area contributed by atoms with Gasteiger partial charge in [-0.3, -0.25) is 4.79 Å². The average molecular weight is 299 g/mol. The van der Waals surface area contributed by atoms with Crippen LogP contribution in [-0.4, -0.2) is 20.1 Å². The van der Waals surface area contributed by atoms with Gasteiger partial charge in [-0.25, -0.2) is 0 Å². The molecule has 4 nitrogen and oxygen atoms in total. The molecule has 0 atom stereocenters. The number of hydrogen-bond donors (Lipinski definition) is 1. The van der Waals surface area contributed by atoms with E-state index in [0.717, 1.165) is 23.3 Å². The summed E-state index contributed by atoms with van der Waals surface area (Å²) in [5.74, 6) is 1.25. The topological polar surface area (TPSA) is 47.6 Å². The molecule has 2 rings (SSSR count). The molecule has 0 bridgehead atoms. The lowest BCUT2D eigenvalue weighted by Gasteiger charge is -2.11. The molecule has 0 radical (unpaired) electrons. The molecule has 0 aromatic heterocycles. The second-order valence-electron chi connectivity index (χ2n) is 4.92. The molecular weight excluding hydrogens is 278 g/mol. The summed E-state index contributed by atoms with van der Waals surface area (Å²) in [5.41, 5.74) is 2.69. The monoisotopic (exact) mass is 299 g/mol. The Bertz CT molecular complexity index is 635. The van der Waals surface area contributed by atoms with Gasteiger partial charge < -0.3 is 14.8 Å². The fraction of sp³-hybridized carbons (Fsp3) is 0.278. The fourth-order valence-corrected chi connectivity index (χ4v) is 2.17. The molecule has 0 aliphatic carbocycles. The maximum atomic E-state index is 12.4. The van der Waals surface area contributed by atoms with E-state index in [4.69, 9.17) is 9.47 Å². The predicted octanol–water partition coefficient (Wildman–Crippen LogP) is 3.20. The molecule has 0 spiro atoms. The number of methoxy groups -OCH3 is 2. The summed E-state index contributed by atoms with van der Waals surface area (Å²) in [6.45, 7) is 2.52. The first-order chi connectivity index (χ1) is 10.7. The van der Waals surface area contributed by atoms with Crippen LogP contribution in [-0.2, 0) is 13.0 Å². The number of nitrogens with one attached hydrogen (secondary N) is 1. The Hall–Kier alpha value is -2.49. The number of carbonyl (C=O) groups is 1. The molecule has 116 valence electrons. The second-order valence-corrected chi connectivity index (χ2v) is 4.92. The predicted molar refractivity (Wildman–Crippen MR) is 86.5 cm³/mol. The van der Waals surface area contributed by atoms with Crippen molar-refractivity contribution in [1.29, 1.82) is 0 Å². The summed E-state index contributed by atoms with van der Waals surface area (Å²) in [6, 6.07) is 13.3. The minimum Gasteiger partial charge on any atom is -0.497 e. The van der Waals surface area contributed by atoms with E-state index >= 15 is 0 Å². The zero-order valence-corrected chi connectivity index (χ0v) is 13.2. The fourth-order valence-electron chi connectivity index (χ4n) is 2.17. The largest absolute Gasteiger partial charge is 0.497 e. The Labute approximate surface area is 131 Å². The van der Waals surface area contributed by atoms with Crippen LogP contribution in [0.1, 0.15) is 28.4 Å². The molecule has 2 aromatic rings. The summed E-state index contributed by atoms with van der Waals surface area (Å²) in [7, 11) is 3.20. The number of aryl methyl sites for hydroxylation is 1. The second kappa shape index (κ2) is 7.50. The van der Waals surface area contributed by atoms with Crippen LogP contribution in [0.4, 0.5) is 0 Å². The maximum absolute atomic E-state index is 12.4. The van der Waals surface area contributed by atoms with Crippen molar-refractivity contribution in [2.75, 3.05) is 14.2 Å². The quantitative estimate of drug-likeness (QED) is 0.891. The van der Waals surface area contributed by atoms with E-state index in [-0.39, 0.29) is 5.91 Å². The third-order valence-electron chi connectivity index (χ3n) is 3.53. The van der Waals surface area contributed by atoms with Crippen LogP contribution in [0, 0.1) is 0 Å².